The van der Waals surface area contributed by atoms with Gasteiger partial charge in [0.15, 0.2) is 6.10 Å². The molecule has 6 heteroatoms. The molecule has 0 rings (SSSR count). The van der Waals surface area contributed by atoms with Crippen LogP contribution in [-0.4, -0.2) is 37.2 Å². The molecule has 0 aromatic carbocycles. The first-order chi connectivity index (χ1) is 23.7. The molecule has 0 aromatic heterocycles. The monoisotopic (exact) mass is 695 g/mol. The molecule has 0 saturated heterocycles. The minimum absolute atomic E-state index is 0.0668. The second-order valence-electron chi connectivity index (χ2n) is 15.6. The molecule has 0 N–H and O–H groups in total. The molecule has 0 aliphatic rings. The quantitative estimate of drug-likeness (QED) is 0.0366. The Morgan fingerprint density at radius 1 is 0.388 bits per heavy atom. The minimum atomic E-state index is -0.758. The van der Waals surface area contributed by atoms with Crippen molar-refractivity contribution < 1.29 is 28.6 Å². The van der Waals surface area contributed by atoms with E-state index in [9.17, 15) is 14.4 Å². The molecular formula is C43H82O6. The third kappa shape index (κ3) is 37.5. The predicted molar refractivity (Wildman–Crippen MR) is 206 cm³/mol. The Morgan fingerprint density at radius 3 is 1.00 bits per heavy atom. The average Bonchev–Trinajstić information content (AvgIpc) is 3.06. The Balaban J connectivity index is 4.22. The van der Waals surface area contributed by atoms with Crippen LogP contribution in [0, 0.1) is 11.8 Å². The summed E-state index contributed by atoms with van der Waals surface area (Å²) in [5, 5.41) is 0. The van der Waals surface area contributed by atoms with Gasteiger partial charge in [0.2, 0.25) is 0 Å². The van der Waals surface area contributed by atoms with Gasteiger partial charge in [0.25, 0.3) is 0 Å². The van der Waals surface area contributed by atoms with E-state index in [1.54, 1.807) is 0 Å². The van der Waals surface area contributed by atoms with Crippen LogP contribution in [0.2, 0.25) is 0 Å². The largest absolute Gasteiger partial charge is 0.462 e. The van der Waals surface area contributed by atoms with E-state index in [2.05, 4.69) is 34.6 Å². The van der Waals surface area contributed by atoms with Crippen molar-refractivity contribution in [2.45, 2.75) is 233 Å². The van der Waals surface area contributed by atoms with E-state index >= 15 is 0 Å². The minimum Gasteiger partial charge on any atom is -0.462 e. The zero-order chi connectivity index (χ0) is 36.2. The summed E-state index contributed by atoms with van der Waals surface area (Å²) in [6, 6.07) is 0. The fourth-order valence-corrected chi connectivity index (χ4v) is 6.22. The number of esters is 3. The number of ether oxygens (including phenoxy) is 3. The Morgan fingerprint density at radius 2 is 0.673 bits per heavy atom. The maximum absolute atomic E-state index is 12.6. The van der Waals surface area contributed by atoms with E-state index in [0.717, 1.165) is 76.0 Å². The van der Waals surface area contributed by atoms with Crippen molar-refractivity contribution in [3.8, 4) is 0 Å². The SMILES string of the molecule is CCCCCCCC(=O)OC[C@@H](COC(=O)CCCCCCCCCCC(C)C)OC(=O)CCCCCCCCCCCCCCC(C)C. The highest BCUT2D eigenvalue weighted by Gasteiger charge is 2.19. The van der Waals surface area contributed by atoms with Gasteiger partial charge in [-0.3, -0.25) is 14.4 Å². The van der Waals surface area contributed by atoms with Crippen LogP contribution in [0.5, 0.6) is 0 Å². The van der Waals surface area contributed by atoms with Gasteiger partial charge in [0.1, 0.15) is 13.2 Å². The highest BCUT2D eigenvalue weighted by atomic mass is 16.6. The first-order valence-corrected chi connectivity index (χ1v) is 21.2. The molecule has 6 nitrogen and oxygen atoms in total. The summed E-state index contributed by atoms with van der Waals surface area (Å²) in [7, 11) is 0. The van der Waals surface area contributed by atoms with Gasteiger partial charge in [0.05, 0.1) is 0 Å². The summed E-state index contributed by atoms with van der Waals surface area (Å²) in [6.45, 7) is 11.2. The summed E-state index contributed by atoms with van der Waals surface area (Å²) in [5.41, 5.74) is 0. The molecule has 0 spiro atoms. The standard InChI is InChI=1S/C43H82O6/c1-6-7-8-21-28-33-41(44)47-36-40(37-48-42(45)34-29-24-19-16-15-18-23-27-32-39(4)5)49-43(46)35-30-25-20-14-12-10-9-11-13-17-22-26-31-38(2)3/h38-40H,6-37H2,1-5H3/t40-/m0/s1. The number of hydrogen-bond donors (Lipinski definition) is 0. The van der Waals surface area contributed by atoms with Gasteiger partial charge in [-0.2, -0.15) is 0 Å². The van der Waals surface area contributed by atoms with Gasteiger partial charge in [0, 0.05) is 19.3 Å². The van der Waals surface area contributed by atoms with Crippen molar-refractivity contribution in [1.29, 1.82) is 0 Å². The highest BCUT2D eigenvalue weighted by Crippen LogP contribution is 2.16. The fraction of sp³-hybridized carbons (Fsp3) is 0.930. The molecule has 0 heterocycles. The summed E-state index contributed by atoms with van der Waals surface area (Å²) in [5.74, 6) is 0.752. The lowest BCUT2D eigenvalue weighted by Gasteiger charge is -2.18. The van der Waals surface area contributed by atoms with Gasteiger partial charge in [-0.05, 0) is 31.1 Å². The molecule has 0 fully saturated rings. The molecule has 49 heavy (non-hydrogen) atoms. The zero-order valence-electron chi connectivity index (χ0n) is 33.3. The topological polar surface area (TPSA) is 78.9 Å². The van der Waals surface area contributed by atoms with E-state index < -0.39 is 6.10 Å². The van der Waals surface area contributed by atoms with E-state index in [0.29, 0.717) is 19.3 Å². The number of carbonyl (C=O) groups is 3. The van der Waals surface area contributed by atoms with E-state index in [1.807, 2.05) is 0 Å². The van der Waals surface area contributed by atoms with Crippen LogP contribution in [0.25, 0.3) is 0 Å². The van der Waals surface area contributed by atoms with Crippen LogP contribution in [0.15, 0.2) is 0 Å². The lowest BCUT2D eigenvalue weighted by atomic mass is 10.0. The molecule has 0 aromatic rings. The van der Waals surface area contributed by atoms with Crippen molar-refractivity contribution in [2.24, 2.45) is 11.8 Å². The summed E-state index contributed by atoms with van der Waals surface area (Å²) in [6.07, 6.45) is 32.6. The molecule has 290 valence electrons. The van der Waals surface area contributed by atoms with Crippen molar-refractivity contribution in [2.75, 3.05) is 13.2 Å². The Bertz CT molecular complexity index is 749. The van der Waals surface area contributed by atoms with Gasteiger partial charge in [-0.1, -0.05) is 189 Å². The van der Waals surface area contributed by atoms with Gasteiger partial charge < -0.3 is 14.2 Å². The van der Waals surface area contributed by atoms with E-state index in [1.165, 1.54) is 109 Å². The lowest BCUT2D eigenvalue weighted by Crippen LogP contribution is -2.30. The molecule has 0 saturated carbocycles. The smallest absolute Gasteiger partial charge is 0.306 e. The van der Waals surface area contributed by atoms with Crippen LogP contribution in [0.3, 0.4) is 0 Å². The third-order valence-corrected chi connectivity index (χ3v) is 9.47. The van der Waals surface area contributed by atoms with Crippen LogP contribution in [0.1, 0.15) is 227 Å². The molecule has 0 unspecified atom stereocenters. The molecule has 0 aliphatic carbocycles. The summed E-state index contributed by atoms with van der Waals surface area (Å²) >= 11 is 0. The first kappa shape index (κ1) is 47.4. The second kappa shape index (κ2) is 36.2. The molecular weight excluding hydrogens is 612 g/mol. The number of unbranched alkanes of at least 4 members (excludes halogenated alkanes) is 22. The van der Waals surface area contributed by atoms with Crippen molar-refractivity contribution in [3.05, 3.63) is 0 Å². The Kier molecular flexibility index (Phi) is 35.0. The predicted octanol–water partition coefficient (Wildman–Crippen LogP) is 13.0. The first-order valence-electron chi connectivity index (χ1n) is 21.2. The van der Waals surface area contributed by atoms with Crippen LogP contribution in [0.4, 0.5) is 0 Å². The van der Waals surface area contributed by atoms with Crippen LogP contribution < -0.4 is 0 Å². The molecule has 1 atom stereocenters. The number of hydrogen-bond acceptors (Lipinski definition) is 6. The van der Waals surface area contributed by atoms with Crippen LogP contribution in [-0.2, 0) is 28.6 Å². The van der Waals surface area contributed by atoms with Crippen molar-refractivity contribution >= 4 is 17.9 Å². The summed E-state index contributed by atoms with van der Waals surface area (Å²) < 4.78 is 16.6. The summed E-state index contributed by atoms with van der Waals surface area (Å²) in [4.78, 5) is 37.3. The van der Waals surface area contributed by atoms with Gasteiger partial charge in [-0.25, -0.2) is 0 Å². The van der Waals surface area contributed by atoms with Gasteiger partial charge >= 0.3 is 17.9 Å². The third-order valence-electron chi connectivity index (χ3n) is 9.47. The van der Waals surface area contributed by atoms with E-state index in [4.69, 9.17) is 14.2 Å². The normalized spacial score (nSPS) is 12.1. The lowest BCUT2D eigenvalue weighted by molar-refractivity contribution is -0.167. The van der Waals surface area contributed by atoms with Gasteiger partial charge in [-0.15, -0.1) is 0 Å². The average molecular weight is 695 g/mol. The van der Waals surface area contributed by atoms with Crippen molar-refractivity contribution in [1.82, 2.24) is 0 Å². The molecule has 0 radical (unpaired) electrons. The zero-order valence-corrected chi connectivity index (χ0v) is 33.3. The number of carbonyl (C=O) groups excluding carboxylic acids is 3. The van der Waals surface area contributed by atoms with Crippen molar-refractivity contribution in [3.63, 3.8) is 0 Å². The number of rotatable bonds is 37. The maximum Gasteiger partial charge on any atom is 0.306 e. The second-order valence-corrected chi connectivity index (χ2v) is 15.6. The Labute approximate surface area is 304 Å². The van der Waals surface area contributed by atoms with E-state index in [-0.39, 0.29) is 31.1 Å². The highest BCUT2D eigenvalue weighted by molar-refractivity contribution is 5.71. The Hall–Kier alpha value is -1.59. The molecule has 0 aliphatic heterocycles. The molecule has 0 amide bonds. The fourth-order valence-electron chi connectivity index (χ4n) is 6.22. The molecule has 0 bridgehead atoms. The maximum atomic E-state index is 12.6. The van der Waals surface area contributed by atoms with Crippen LogP contribution >= 0.6 is 0 Å².